The fourth-order valence-corrected chi connectivity index (χ4v) is 3.52. The van der Waals surface area contributed by atoms with Gasteiger partial charge in [0.15, 0.2) is 0 Å². The van der Waals surface area contributed by atoms with Crippen LogP contribution in [0.2, 0.25) is 10.0 Å². The maximum atomic E-state index is 13.0. The van der Waals surface area contributed by atoms with Crippen molar-refractivity contribution in [3.63, 3.8) is 0 Å². The predicted molar refractivity (Wildman–Crippen MR) is 106 cm³/mol. The first kappa shape index (κ1) is 17.0. The van der Waals surface area contributed by atoms with Gasteiger partial charge >= 0.3 is 0 Å². The zero-order valence-corrected chi connectivity index (χ0v) is 15.3. The highest BCUT2D eigenvalue weighted by Crippen LogP contribution is 2.36. The number of amides is 1. The van der Waals surface area contributed by atoms with Crippen LogP contribution in [0.5, 0.6) is 0 Å². The van der Waals surface area contributed by atoms with Gasteiger partial charge in [-0.3, -0.25) is 4.79 Å². The van der Waals surface area contributed by atoms with Crippen molar-refractivity contribution in [1.82, 2.24) is 4.90 Å². The van der Waals surface area contributed by atoms with Crippen LogP contribution in [0.4, 0.5) is 5.69 Å². The minimum absolute atomic E-state index is 0.00742. The van der Waals surface area contributed by atoms with Crippen molar-refractivity contribution in [2.24, 2.45) is 0 Å². The molecule has 1 aliphatic heterocycles. The van der Waals surface area contributed by atoms with E-state index in [1.807, 2.05) is 72.8 Å². The largest absolute Gasteiger partial charge is 0.361 e. The Kier molecular flexibility index (Phi) is 4.58. The van der Waals surface area contributed by atoms with Crippen LogP contribution in [0.3, 0.4) is 0 Å². The van der Waals surface area contributed by atoms with Gasteiger partial charge in [0, 0.05) is 33.4 Å². The highest BCUT2D eigenvalue weighted by molar-refractivity contribution is 6.31. The molecule has 0 saturated carbocycles. The van der Waals surface area contributed by atoms with Crippen LogP contribution >= 0.6 is 23.2 Å². The second-order valence-electron chi connectivity index (χ2n) is 6.17. The van der Waals surface area contributed by atoms with Gasteiger partial charge in [0.1, 0.15) is 6.17 Å². The molecule has 0 aromatic heterocycles. The van der Waals surface area contributed by atoms with Gasteiger partial charge < -0.3 is 10.2 Å². The minimum atomic E-state index is -0.267. The minimum Gasteiger partial charge on any atom is -0.361 e. The number of halogens is 2. The van der Waals surface area contributed by atoms with E-state index in [0.717, 1.165) is 16.8 Å². The zero-order valence-electron chi connectivity index (χ0n) is 13.8. The number of anilines is 1. The second kappa shape index (κ2) is 7.02. The summed E-state index contributed by atoms with van der Waals surface area (Å²) in [5.41, 5.74) is 3.48. The predicted octanol–water partition coefficient (Wildman–Crippen LogP) is 5.76. The Morgan fingerprint density at radius 3 is 2.35 bits per heavy atom. The van der Waals surface area contributed by atoms with E-state index in [1.165, 1.54) is 0 Å². The van der Waals surface area contributed by atoms with Crippen molar-refractivity contribution in [2.45, 2.75) is 12.7 Å². The lowest BCUT2D eigenvalue weighted by atomic mass is 10.1. The molecule has 0 fully saturated rings. The molecule has 4 rings (SSSR count). The zero-order chi connectivity index (χ0) is 18.1. The number of carbonyl (C=O) groups excluding carboxylic acids is 1. The van der Waals surface area contributed by atoms with Gasteiger partial charge in [-0.25, -0.2) is 0 Å². The van der Waals surface area contributed by atoms with E-state index in [0.29, 0.717) is 22.2 Å². The maximum absolute atomic E-state index is 13.0. The summed E-state index contributed by atoms with van der Waals surface area (Å²) in [5, 5.41) is 4.77. The van der Waals surface area contributed by atoms with Gasteiger partial charge in [-0.2, -0.15) is 0 Å². The average Bonchev–Trinajstić information content (AvgIpc) is 2.91. The van der Waals surface area contributed by atoms with Crippen LogP contribution in [0.1, 0.15) is 27.7 Å². The van der Waals surface area contributed by atoms with Gasteiger partial charge in [0.05, 0.1) is 0 Å². The van der Waals surface area contributed by atoms with E-state index in [9.17, 15) is 4.79 Å². The third kappa shape index (κ3) is 3.16. The van der Waals surface area contributed by atoms with Crippen molar-refractivity contribution in [3.8, 4) is 0 Å². The molecular formula is C21H16Cl2N2O. The third-order valence-electron chi connectivity index (χ3n) is 4.50. The Labute approximate surface area is 162 Å². The highest BCUT2D eigenvalue weighted by Gasteiger charge is 2.36. The summed E-state index contributed by atoms with van der Waals surface area (Å²) < 4.78 is 0. The number of nitrogens with one attached hydrogen (secondary N) is 1. The summed E-state index contributed by atoms with van der Waals surface area (Å²) >= 11 is 12.3. The maximum Gasteiger partial charge on any atom is 0.256 e. The molecule has 130 valence electrons. The van der Waals surface area contributed by atoms with E-state index in [2.05, 4.69) is 5.32 Å². The van der Waals surface area contributed by atoms with Gasteiger partial charge in [0.25, 0.3) is 5.91 Å². The summed E-state index contributed by atoms with van der Waals surface area (Å²) in [6.45, 7) is 0.429. The van der Waals surface area contributed by atoms with Gasteiger partial charge in [-0.05, 0) is 42.0 Å². The summed E-state index contributed by atoms with van der Waals surface area (Å²) in [6.07, 6.45) is -0.267. The molecule has 0 saturated heterocycles. The first-order valence-electron chi connectivity index (χ1n) is 8.29. The first-order chi connectivity index (χ1) is 12.6. The lowest BCUT2D eigenvalue weighted by Gasteiger charge is -2.27. The molecule has 3 aromatic carbocycles. The number of rotatable bonds is 4. The Bertz CT molecular complexity index is 956. The standard InChI is InChI=1S/C21H16Cl2N2O/c22-15-9-11-16(12-10-15)24-20-17-6-2-3-7-18(17)21(26)25(20)13-14-5-1-4-8-19(14)23/h1-12,20,24H,13H2/t20-/m1/s1. The van der Waals surface area contributed by atoms with E-state index in [-0.39, 0.29) is 12.1 Å². The van der Waals surface area contributed by atoms with Crippen LogP contribution in [0.25, 0.3) is 0 Å². The van der Waals surface area contributed by atoms with Gasteiger partial charge in [-0.1, -0.05) is 59.6 Å². The topological polar surface area (TPSA) is 32.3 Å². The Hall–Kier alpha value is -2.49. The van der Waals surface area contributed by atoms with E-state index >= 15 is 0 Å². The number of fused-ring (bicyclic) bond motifs is 1. The fourth-order valence-electron chi connectivity index (χ4n) is 3.20. The number of nitrogens with zero attached hydrogens (tertiary/aromatic N) is 1. The van der Waals surface area contributed by atoms with Crippen molar-refractivity contribution < 1.29 is 4.79 Å². The molecule has 1 amide bonds. The fraction of sp³-hybridized carbons (Fsp3) is 0.0952. The normalized spacial score (nSPS) is 15.8. The molecule has 0 aliphatic carbocycles. The monoisotopic (exact) mass is 382 g/mol. The Morgan fingerprint density at radius 2 is 1.58 bits per heavy atom. The first-order valence-corrected chi connectivity index (χ1v) is 9.04. The SMILES string of the molecule is O=C1c2ccccc2[C@H](Nc2ccc(Cl)cc2)N1Cc1ccccc1Cl. The molecule has 5 heteroatoms. The Morgan fingerprint density at radius 1 is 0.885 bits per heavy atom. The molecule has 1 aliphatic rings. The molecule has 1 N–H and O–H groups in total. The van der Waals surface area contributed by atoms with Crippen LogP contribution in [0.15, 0.2) is 72.8 Å². The van der Waals surface area contributed by atoms with Crippen LogP contribution in [0, 0.1) is 0 Å². The summed E-state index contributed by atoms with van der Waals surface area (Å²) in [6, 6.07) is 22.7. The third-order valence-corrected chi connectivity index (χ3v) is 5.13. The van der Waals surface area contributed by atoms with Gasteiger partial charge in [0.2, 0.25) is 0 Å². The lowest BCUT2D eigenvalue weighted by molar-refractivity contribution is 0.0729. The summed E-state index contributed by atoms with van der Waals surface area (Å²) in [7, 11) is 0. The van der Waals surface area contributed by atoms with Crippen molar-refractivity contribution in [3.05, 3.63) is 99.5 Å². The van der Waals surface area contributed by atoms with E-state index < -0.39 is 0 Å². The molecule has 26 heavy (non-hydrogen) atoms. The molecule has 0 radical (unpaired) electrons. The van der Waals surface area contributed by atoms with Crippen molar-refractivity contribution in [1.29, 1.82) is 0 Å². The van der Waals surface area contributed by atoms with Gasteiger partial charge in [-0.15, -0.1) is 0 Å². The van der Waals surface area contributed by atoms with Crippen LogP contribution in [-0.4, -0.2) is 10.8 Å². The molecule has 0 spiro atoms. The number of hydrogen-bond donors (Lipinski definition) is 1. The Balaban J connectivity index is 1.70. The molecule has 1 heterocycles. The second-order valence-corrected chi connectivity index (χ2v) is 7.01. The molecule has 1 atom stereocenters. The summed E-state index contributed by atoms with van der Waals surface area (Å²) in [4.78, 5) is 14.8. The van der Waals surface area contributed by atoms with Crippen molar-refractivity contribution in [2.75, 3.05) is 5.32 Å². The molecule has 3 nitrogen and oxygen atoms in total. The van der Waals surface area contributed by atoms with Crippen molar-refractivity contribution >= 4 is 34.8 Å². The molecule has 0 bridgehead atoms. The average molecular weight is 383 g/mol. The molecule has 3 aromatic rings. The van der Waals surface area contributed by atoms with E-state index in [4.69, 9.17) is 23.2 Å². The molecule has 0 unspecified atom stereocenters. The molecular weight excluding hydrogens is 367 g/mol. The number of benzene rings is 3. The summed E-state index contributed by atoms with van der Waals surface area (Å²) in [5.74, 6) is -0.00742. The number of carbonyl (C=O) groups is 1. The smallest absolute Gasteiger partial charge is 0.256 e. The highest BCUT2D eigenvalue weighted by atomic mass is 35.5. The van der Waals surface area contributed by atoms with Crippen LogP contribution < -0.4 is 5.32 Å². The quantitative estimate of drug-likeness (QED) is 0.621. The van der Waals surface area contributed by atoms with E-state index in [1.54, 1.807) is 4.90 Å². The number of hydrogen-bond acceptors (Lipinski definition) is 2. The lowest BCUT2D eigenvalue weighted by Crippen LogP contribution is -2.32. The van der Waals surface area contributed by atoms with Crippen LogP contribution in [-0.2, 0) is 6.54 Å².